The third kappa shape index (κ3) is 2.83. The van der Waals surface area contributed by atoms with E-state index in [-0.39, 0.29) is 11.7 Å². The normalized spacial score (nSPS) is 10.7. The zero-order valence-corrected chi connectivity index (χ0v) is 11.0. The van der Waals surface area contributed by atoms with Gasteiger partial charge in [0.15, 0.2) is 4.34 Å². The SMILES string of the molecule is Cc1cc(C)n(C(=O)CSc2nnc(N)s2)n1. The molecule has 2 heterocycles. The van der Waals surface area contributed by atoms with Gasteiger partial charge in [-0.25, -0.2) is 4.68 Å². The summed E-state index contributed by atoms with van der Waals surface area (Å²) in [6, 6.07) is 1.87. The molecule has 0 saturated carbocycles. The van der Waals surface area contributed by atoms with Crippen LogP contribution in [0.3, 0.4) is 0 Å². The van der Waals surface area contributed by atoms with Crippen molar-refractivity contribution in [3.63, 3.8) is 0 Å². The summed E-state index contributed by atoms with van der Waals surface area (Å²) in [5, 5.41) is 12.0. The molecule has 17 heavy (non-hydrogen) atoms. The van der Waals surface area contributed by atoms with E-state index in [1.54, 1.807) is 0 Å². The molecular formula is C9H11N5OS2. The molecule has 0 fully saturated rings. The van der Waals surface area contributed by atoms with Crippen molar-refractivity contribution in [2.75, 3.05) is 11.5 Å². The van der Waals surface area contributed by atoms with Crippen molar-refractivity contribution in [2.24, 2.45) is 0 Å². The van der Waals surface area contributed by atoms with Crippen LogP contribution in [0.25, 0.3) is 0 Å². The lowest BCUT2D eigenvalue weighted by atomic mass is 10.4. The molecule has 2 aromatic rings. The molecule has 0 saturated heterocycles. The van der Waals surface area contributed by atoms with Crippen LogP contribution >= 0.6 is 23.1 Å². The highest BCUT2D eigenvalue weighted by molar-refractivity contribution is 8.01. The fraction of sp³-hybridized carbons (Fsp3) is 0.333. The molecule has 0 bridgehead atoms. The van der Waals surface area contributed by atoms with Gasteiger partial charge in [0.1, 0.15) is 0 Å². The van der Waals surface area contributed by atoms with Gasteiger partial charge in [0.25, 0.3) is 5.91 Å². The predicted octanol–water partition coefficient (Wildman–Crippen LogP) is 1.37. The lowest BCUT2D eigenvalue weighted by Crippen LogP contribution is -2.16. The van der Waals surface area contributed by atoms with E-state index >= 15 is 0 Å². The Bertz CT molecular complexity index is 547. The van der Waals surface area contributed by atoms with Gasteiger partial charge in [0.2, 0.25) is 5.13 Å². The number of anilines is 1. The number of nitrogen functional groups attached to an aromatic ring is 1. The minimum Gasteiger partial charge on any atom is -0.374 e. The summed E-state index contributed by atoms with van der Waals surface area (Å²) in [7, 11) is 0. The number of thioether (sulfide) groups is 1. The Kier molecular flexibility index (Phi) is 3.43. The van der Waals surface area contributed by atoms with Crippen molar-refractivity contribution in [3.8, 4) is 0 Å². The second kappa shape index (κ2) is 4.84. The van der Waals surface area contributed by atoms with Gasteiger partial charge < -0.3 is 5.73 Å². The standard InChI is InChI=1S/C9H11N5OS2/c1-5-3-6(2)14(13-5)7(15)4-16-9-12-11-8(10)17-9/h3H,4H2,1-2H3,(H2,10,11). The second-order valence-corrected chi connectivity index (χ2v) is 5.66. The van der Waals surface area contributed by atoms with Gasteiger partial charge in [-0.1, -0.05) is 23.1 Å². The summed E-state index contributed by atoms with van der Waals surface area (Å²) in [5.74, 6) is 0.200. The Morgan fingerprint density at radius 2 is 2.29 bits per heavy atom. The molecule has 0 radical (unpaired) electrons. The number of aryl methyl sites for hydroxylation is 2. The Morgan fingerprint density at radius 3 is 2.82 bits per heavy atom. The number of carbonyl (C=O) groups is 1. The molecule has 0 aliphatic rings. The fourth-order valence-electron chi connectivity index (χ4n) is 1.34. The number of aromatic nitrogens is 4. The Balaban J connectivity index is 2.00. The lowest BCUT2D eigenvalue weighted by molar-refractivity contribution is 0.0924. The number of nitrogens with zero attached hydrogens (tertiary/aromatic N) is 4. The van der Waals surface area contributed by atoms with Crippen LogP contribution in [0.1, 0.15) is 16.2 Å². The number of rotatable bonds is 3. The first-order valence-electron chi connectivity index (χ1n) is 4.84. The molecular weight excluding hydrogens is 258 g/mol. The average molecular weight is 269 g/mol. The lowest BCUT2D eigenvalue weighted by Gasteiger charge is -2.00. The van der Waals surface area contributed by atoms with E-state index in [1.807, 2.05) is 19.9 Å². The molecule has 6 nitrogen and oxygen atoms in total. The van der Waals surface area contributed by atoms with Gasteiger partial charge in [0.05, 0.1) is 11.4 Å². The van der Waals surface area contributed by atoms with E-state index in [2.05, 4.69) is 15.3 Å². The van der Waals surface area contributed by atoms with E-state index in [4.69, 9.17) is 5.73 Å². The number of carbonyl (C=O) groups excluding carboxylic acids is 1. The topological polar surface area (TPSA) is 86.7 Å². The van der Waals surface area contributed by atoms with E-state index in [0.717, 1.165) is 11.4 Å². The molecule has 0 aromatic carbocycles. The maximum atomic E-state index is 11.9. The van der Waals surface area contributed by atoms with Crippen LogP contribution in [0.2, 0.25) is 0 Å². The molecule has 0 atom stereocenters. The Hall–Kier alpha value is -1.41. The quantitative estimate of drug-likeness (QED) is 0.847. The summed E-state index contributed by atoms with van der Waals surface area (Å²) < 4.78 is 2.10. The molecule has 90 valence electrons. The van der Waals surface area contributed by atoms with Crippen molar-refractivity contribution in [1.82, 2.24) is 20.0 Å². The van der Waals surface area contributed by atoms with Crippen molar-refractivity contribution >= 4 is 34.1 Å². The van der Waals surface area contributed by atoms with Crippen molar-refractivity contribution in [1.29, 1.82) is 0 Å². The summed E-state index contributed by atoms with van der Waals surface area (Å²) in [6.07, 6.45) is 0. The predicted molar refractivity (Wildman–Crippen MR) is 67.4 cm³/mol. The van der Waals surface area contributed by atoms with Crippen LogP contribution in [0, 0.1) is 13.8 Å². The maximum Gasteiger partial charge on any atom is 0.257 e. The van der Waals surface area contributed by atoms with Gasteiger partial charge in [0, 0.05) is 5.69 Å². The summed E-state index contributed by atoms with van der Waals surface area (Å²) in [5.41, 5.74) is 7.12. The third-order valence-electron chi connectivity index (χ3n) is 1.99. The van der Waals surface area contributed by atoms with Gasteiger partial charge in [-0.15, -0.1) is 10.2 Å². The second-order valence-electron chi connectivity index (χ2n) is 3.43. The molecule has 8 heteroatoms. The first kappa shape index (κ1) is 12.1. The van der Waals surface area contributed by atoms with Gasteiger partial charge in [-0.05, 0) is 19.9 Å². The zero-order chi connectivity index (χ0) is 12.4. The van der Waals surface area contributed by atoms with Crippen LogP contribution < -0.4 is 5.73 Å². The fourth-order valence-corrected chi connectivity index (χ4v) is 2.82. The van der Waals surface area contributed by atoms with Crippen molar-refractivity contribution in [2.45, 2.75) is 18.2 Å². The monoisotopic (exact) mass is 269 g/mol. The highest BCUT2D eigenvalue weighted by atomic mass is 32.2. The van der Waals surface area contributed by atoms with E-state index < -0.39 is 0 Å². The van der Waals surface area contributed by atoms with Gasteiger partial charge in [-0.3, -0.25) is 4.79 Å². The highest BCUT2D eigenvalue weighted by Crippen LogP contribution is 2.23. The van der Waals surface area contributed by atoms with Crippen molar-refractivity contribution < 1.29 is 4.79 Å². The van der Waals surface area contributed by atoms with Crippen LogP contribution in [-0.2, 0) is 0 Å². The van der Waals surface area contributed by atoms with Crippen LogP contribution in [0.4, 0.5) is 5.13 Å². The summed E-state index contributed by atoms with van der Waals surface area (Å²) in [4.78, 5) is 11.9. The van der Waals surface area contributed by atoms with Crippen LogP contribution in [0.15, 0.2) is 10.4 Å². The number of hydrogen-bond acceptors (Lipinski definition) is 7. The average Bonchev–Trinajstić information content (AvgIpc) is 2.81. The minimum atomic E-state index is -0.0747. The number of nitrogens with two attached hydrogens (primary N) is 1. The molecule has 2 rings (SSSR count). The third-order valence-corrected chi connectivity index (χ3v) is 3.86. The van der Waals surface area contributed by atoms with E-state index in [0.29, 0.717) is 9.47 Å². The Labute approximate surface area is 106 Å². The van der Waals surface area contributed by atoms with Crippen LogP contribution in [-0.4, -0.2) is 31.6 Å². The van der Waals surface area contributed by atoms with E-state index in [9.17, 15) is 4.79 Å². The van der Waals surface area contributed by atoms with Crippen LogP contribution in [0.5, 0.6) is 0 Å². The molecule has 0 unspecified atom stereocenters. The van der Waals surface area contributed by atoms with E-state index in [1.165, 1.54) is 27.8 Å². The highest BCUT2D eigenvalue weighted by Gasteiger charge is 2.12. The number of hydrogen-bond donors (Lipinski definition) is 1. The molecule has 0 amide bonds. The molecule has 0 spiro atoms. The van der Waals surface area contributed by atoms with Gasteiger partial charge >= 0.3 is 0 Å². The van der Waals surface area contributed by atoms with Gasteiger partial charge in [-0.2, -0.15) is 5.10 Å². The Morgan fingerprint density at radius 1 is 1.53 bits per heavy atom. The first-order valence-corrected chi connectivity index (χ1v) is 6.64. The molecule has 2 aromatic heterocycles. The smallest absolute Gasteiger partial charge is 0.257 e. The minimum absolute atomic E-state index is 0.0747. The summed E-state index contributed by atoms with van der Waals surface area (Å²) >= 11 is 2.59. The summed E-state index contributed by atoms with van der Waals surface area (Å²) in [6.45, 7) is 3.71. The largest absolute Gasteiger partial charge is 0.374 e. The molecule has 2 N–H and O–H groups in total. The first-order chi connectivity index (χ1) is 8.06. The maximum absolute atomic E-state index is 11.9. The van der Waals surface area contributed by atoms with Crippen molar-refractivity contribution in [3.05, 3.63) is 17.5 Å². The zero-order valence-electron chi connectivity index (χ0n) is 9.38. The molecule has 0 aliphatic heterocycles. The molecule has 0 aliphatic carbocycles.